The molecule has 1 aliphatic heterocycles. The Kier molecular flexibility index (Phi) is 4.79. The zero-order chi connectivity index (χ0) is 14.7. The van der Waals surface area contributed by atoms with E-state index >= 15 is 0 Å². The molecule has 19 heavy (non-hydrogen) atoms. The van der Waals surface area contributed by atoms with Crippen molar-refractivity contribution in [1.29, 1.82) is 0 Å². The molecule has 1 aliphatic rings. The normalized spacial score (nSPS) is 22.2. The molecule has 1 unspecified atom stereocenters. The van der Waals surface area contributed by atoms with Crippen molar-refractivity contribution in [2.75, 3.05) is 19.6 Å². The largest absolute Gasteiger partial charge is 0.479 e. The van der Waals surface area contributed by atoms with E-state index in [1.165, 1.54) is 6.92 Å². The standard InChI is InChI=1S/C13H24N2O4/c1-12(2)5-4-7-15(8-6-12)11(18)14-9-13(3,19)10(16)17/h19H,4-9H2,1-3H3,(H,14,18)(H,16,17). The van der Waals surface area contributed by atoms with Crippen LogP contribution in [-0.4, -0.2) is 52.3 Å². The SMILES string of the molecule is CC1(C)CCCN(C(=O)NCC(C)(O)C(=O)O)CC1. The minimum atomic E-state index is -1.93. The lowest BCUT2D eigenvalue weighted by atomic mass is 9.85. The van der Waals surface area contributed by atoms with E-state index in [1.54, 1.807) is 4.90 Å². The lowest BCUT2D eigenvalue weighted by Crippen LogP contribution is -2.50. The van der Waals surface area contributed by atoms with Crippen LogP contribution in [0.15, 0.2) is 0 Å². The first-order valence-corrected chi connectivity index (χ1v) is 6.63. The molecule has 1 atom stereocenters. The van der Waals surface area contributed by atoms with Gasteiger partial charge in [0, 0.05) is 13.1 Å². The second-order valence-electron chi connectivity index (χ2n) is 6.24. The van der Waals surface area contributed by atoms with Crippen LogP contribution in [0.5, 0.6) is 0 Å². The van der Waals surface area contributed by atoms with Gasteiger partial charge >= 0.3 is 12.0 Å². The molecule has 0 aromatic heterocycles. The van der Waals surface area contributed by atoms with Gasteiger partial charge < -0.3 is 20.4 Å². The molecule has 1 fully saturated rings. The van der Waals surface area contributed by atoms with Gasteiger partial charge in [-0.1, -0.05) is 13.8 Å². The van der Waals surface area contributed by atoms with Crippen molar-refractivity contribution in [1.82, 2.24) is 10.2 Å². The number of likely N-dealkylation sites (tertiary alicyclic amines) is 1. The molecule has 6 nitrogen and oxygen atoms in total. The predicted octanol–water partition coefficient (Wildman–Crippen LogP) is 1.04. The van der Waals surface area contributed by atoms with Gasteiger partial charge in [-0.2, -0.15) is 0 Å². The van der Waals surface area contributed by atoms with E-state index in [0.29, 0.717) is 13.1 Å². The number of urea groups is 1. The summed E-state index contributed by atoms with van der Waals surface area (Å²) in [5, 5.41) is 20.8. The Bertz CT molecular complexity index is 353. The lowest BCUT2D eigenvalue weighted by Gasteiger charge is -2.25. The van der Waals surface area contributed by atoms with Gasteiger partial charge in [0.25, 0.3) is 0 Å². The lowest BCUT2D eigenvalue weighted by molar-refractivity contribution is -0.155. The Morgan fingerprint density at radius 1 is 1.32 bits per heavy atom. The van der Waals surface area contributed by atoms with Crippen LogP contribution in [0.25, 0.3) is 0 Å². The summed E-state index contributed by atoms with van der Waals surface area (Å²) in [4.78, 5) is 24.4. The summed E-state index contributed by atoms with van der Waals surface area (Å²) in [6.07, 6.45) is 2.94. The molecule has 1 heterocycles. The fourth-order valence-electron chi connectivity index (χ4n) is 2.06. The van der Waals surface area contributed by atoms with E-state index in [1.807, 2.05) is 0 Å². The van der Waals surface area contributed by atoms with Gasteiger partial charge in [0.15, 0.2) is 5.60 Å². The van der Waals surface area contributed by atoms with Crippen LogP contribution in [0.3, 0.4) is 0 Å². The maximum Gasteiger partial charge on any atom is 0.337 e. The van der Waals surface area contributed by atoms with E-state index in [4.69, 9.17) is 5.11 Å². The number of nitrogens with zero attached hydrogens (tertiary/aromatic N) is 1. The summed E-state index contributed by atoms with van der Waals surface area (Å²) in [5.74, 6) is -1.34. The molecule has 110 valence electrons. The molecular formula is C13H24N2O4. The van der Waals surface area contributed by atoms with Crippen molar-refractivity contribution in [3.63, 3.8) is 0 Å². The predicted molar refractivity (Wildman–Crippen MR) is 70.9 cm³/mol. The second-order valence-corrected chi connectivity index (χ2v) is 6.24. The highest BCUT2D eigenvalue weighted by Crippen LogP contribution is 2.29. The summed E-state index contributed by atoms with van der Waals surface area (Å²) < 4.78 is 0. The van der Waals surface area contributed by atoms with Crippen LogP contribution < -0.4 is 5.32 Å². The quantitative estimate of drug-likeness (QED) is 0.716. The summed E-state index contributed by atoms with van der Waals surface area (Å²) in [7, 11) is 0. The Morgan fingerprint density at radius 2 is 1.95 bits per heavy atom. The number of carbonyl (C=O) groups is 2. The first kappa shape index (κ1) is 15.8. The van der Waals surface area contributed by atoms with Crippen LogP contribution in [0.4, 0.5) is 4.79 Å². The molecule has 0 aromatic rings. The van der Waals surface area contributed by atoms with Crippen LogP contribution in [0, 0.1) is 5.41 Å². The summed E-state index contributed by atoms with van der Waals surface area (Å²) >= 11 is 0. The smallest absolute Gasteiger partial charge is 0.337 e. The maximum absolute atomic E-state index is 11.9. The van der Waals surface area contributed by atoms with Crippen molar-refractivity contribution in [2.24, 2.45) is 5.41 Å². The molecule has 0 spiro atoms. The van der Waals surface area contributed by atoms with Crippen molar-refractivity contribution >= 4 is 12.0 Å². The molecule has 0 aromatic carbocycles. The molecule has 0 bridgehead atoms. The van der Waals surface area contributed by atoms with Crippen LogP contribution in [0.1, 0.15) is 40.0 Å². The Labute approximate surface area is 113 Å². The highest BCUT2D eigenvalue weighted by molar-refractivity contribution is 5.79. The fourth-order valence-corrected chi connectivity index (χ4v) is 2.06. The van der Waals surface area contributed by atoms with Gasteiger partial charge in [-0.3, -0.25) is 0 Å². The summed E-state index contributed by atoms with van der Waals surface area (Å²) in [6.45, 7) is 6.58. The third kappa shape index (κ3) is 4.70. The van der Waals surface area contributed by atoms with E-state index in [0.717, 1.165) is 19.3 Å². The summed E-state index contributed by atoms with van der Waals surface area (Å²) in [5.41, 5.74) is -1.69. The molecule has 2 amide bonds. The maximum atomic E-state index is 11.9. The van der Waals surface area contributed by atoms with E-state index in [-0.39, 0.29) is 18.0 Å². The van der Waals surface area contributed by atoms with Gasteiger partial charge in [-0.25, -0.2) is 9.59 Å². The molecule has 6 heteroatoms. The molecular weight excluding hydrogens is 248 g/mol. The zero-order valence-corrected chi connectivity index (χ0v) is 11.9. The first-order chi connectivity index (χ1) is 8.64. The van der Waals surface area contributed by atoms with Crippen LogP contribution in [-0.2, 0) is 4.79 Å². The topological polar surface area (TPSA) is 89.9 Å². The first-order valence-electron chi connectivity index (χ1n) is 6.63. The molecule has 0 radical (unpaired) electrons. The number of carboxylic acid groups (broad SMARTS) is 1. The van der Waals surface area contributed by atoms with Gasteiger partial charge in [0.1, 0.15) is 0 Å². The molecule has 0 aliphatic carbocycles. The third-order valence-corrected chi connectivity index (χ3v) is 3.67. The van der Waals surface area contributed by atoms with Crippen LogP contribution >= 0.6 is 0 Å². The van der Waals surface area contributed by atoms with E-state index in [9.17, 15) is 14.7 Å². The van der Waals surface area contributed by atoms with Gasteiger partial charge in [0.2, 0.25) is 0 Å². The Hall–Kier alpha value is -1.30. The number of rotatable bonds is 3. The number of amides is 2. The number of aliphatic hydroxyl groups is 1. The van der Waals surface area contributed by atoms with Crippen molar-refractivity contribution in [3.05, 3.63) is 0 Å². The Balaban J connectivity index is 2.48. The van der Waals surface area contributed by atoms with Gasteiger partial charge in [0.05, 0.1) is 6.54 Å². The fraction of sp³-hybridized carbons (Fsp3) is 0.846. The zero-order valence-electron chi connectivity index (χ0n) is 11.9. The van der Waals surface area contributed by atoms with Crippen molar-refractivity contribution in [3.8, 4) is 0 Å². The highest BCUT2D eigenvalue weighted by atomic mass is 16.4. The monoisotopic (exact) mass is 272 g/mol. The van der Waals surface area contributed by atoms with Crippen molar-refractivity contribution in [2.45, 2.75) is 45.6 Å². The minimum Gasteiger partial charge on any atom is -0.479 e. The Morgan fingerprint density at radius 3 is 2.53 bits per heavy atom. The van der Waals surface area contributed by atoms with Crippen LogP contribution in [0.2, 0.25) is 0 Å². The number of nitrogens with one attached hydrogen (secondary N) is 1. The van der Waals surface area contributed by atoms with Gasteiger partial charge in [-0.15, -0.1) is 0 Å². The number of carboxylic acids is 1. The third-order valence-electron chi connectivity index (χ3n) is 3.67. The molecule has 1 rings (SSSR count). The average Bonchev–Trinajstić information content (AvgIpc) is 2.47. The summed E-state index contributed by atoms with van der Waals surface area (Å²) in [6, 6.07) is -0.306. The number of carbonyl (C=O) groups excluding carboxylic acids is 1. The average molecular weight is 272 g/mol. The number of hydrogen-bond donors (Lipinski definition) is 3. The van der Waals surface area contributed by atoms with E-state index in [2.05, 4.69) is 19.2 Å². The molecule has 1 saturated heterocycles. The second kappa shape index (κ2) is 5.77. The highest BCUT2D eigenvalue weighted by Gasteiger charge is 2.31. The van der Waals surface area contributed by atoms with Gasteiger partial charge in [-0.05, 0) is 31.6 Å². The number of aliphatic carboxylic acids is 1. The molecule has 3 N–H and O–H groups in total. The van der Waals surface area contributed by atoms with E-state index < -0.39 is 11.6 Å². The minimum absolute atomic E-state index is 0.238. The number of hydrogen-bond acceptors (Lipinski definition) is 3. The molecule has 0 saturated carbocycles. The van der Waals surface area contributed by atoms with Crippen molar-refractivity contribution < 1.29 is 19.8 Å².